The summed E-state index contributed by atoms with van der Waals surface area (Å²) in [6.07, 6.45) is 3.82. The topological polar surface area (TPSA) is 48.0 Å². The number of benzene rings is 1. The van der Waals surface area contributed by atoms with E-state index in [4.69, 9.17) is 14.2 Å². The van der Waals surface area contributed by atoms with E-state index in [1.165, 1.54) is 0 Å². The number of hydrogen-bond donors (Lipinski definition) is 0. The Balaban J connectivity index is 0.00000169. The van der Waals surface area contributed by atoms with Crippen LogP contribution in [0.15, 0.2) is 23.8 Å². The summed E-state index contributed by atoms with van der Waals surface area (Å²) in [5, 5.41) is 0. The van der Waals surface area contributed by atoms with Gasteiger partial charge in [0.15, 0.2) is 17.3 Å². The molecule has 0 spiro atoms. The first kappa shape index (κ1) is 17.3. The van der Waals surface area contributed by atoms with E-state index < -0.39 is 0 Å². The number of rotatable bonds is 3. The summed E-state index contributed by atoms with van der Waals surface area (Å²) in [4.78, 5) is 15.0. The third-order valence-electron chi connectivity index (χ3n) is 4.77. The maximum absolute atomic E-state index is 12.6. The first-order chi connectivity index (χ1) is 11.3. The SMILES string of the molecule is Cl.O=C1/C(=C/c2ccc3c(c2)OCO3)CCC1CN1CCOCC1. The molecule has 1 saturated carbocycles. The van der Waals surface area contributed by atoms with Crippen molar-refractivity contribution in [3.8, 4) is 11.5 Å². The summed E-state index contributed by atoms with van der Waals surface area (Å²) in [7, 11) is 0. The van der Waals surface area contributed by atoms with E-state index in [2.05, 4.69) is 4.90 Å². The van der Waals surface area contributed by atoms with E-state index >= 15 is 0 Å². The molecule has 0 aromatic heterocycles. The largest absolute Gasteiger partial charge is 0.454 e. The number of ether oxygens (including phenoxy) is 3. The molecule has 2 aliphatic heterocycles. The second-order valence-electron chi connectivity index (χ2n) is 6.30. The van der Waals surface area contributed by atoms with E-state index in [-0.39, 0.29) is 25.1 Å². The van der Waals surface area contributed by atoms with Crippen LogP contribution < -0.4 is 9.47 Å². The van der Waals surface area contributed by atoms with Gasteiger partial charge in [0, 0.05) is 25.6 Å². The fraction of sp³-hybridized carbons (Fsp3) is 0.500. The minimum absolute atomic E-state index is 0. The predicted octanol–water partition coefficient (Wildman–Crippen LogP) is 2.53. The fourth-order valence-corrected chi connectivity index (χ4v) is 3.46. The Morgan fingerprint density at radius 3 is 2.79 bits per heavy atom. The summed E-state index contributed by atoms with van der Waals surface area (Å²) in [6.45, 7) is 4.56. The minimum atomic E-state index is 0. The van der Waals surface area contributed by atoms with Crippen LogP contribution in [-0.2, 0) is 9.53 Å². The smallest absolute Gasteiger partial charge is 0.231 e. The predicted molar refractivity (Wildman–Crippen MR) is 92.8 cm³/mol. The molecular weight excluding hydrogens is 330 g/mol. The Morgan fingerprint density at radius 1 is 1.17 bits per heavy atom. The van der Waals surface area contributed by atoms with Crippen molar-refractivity contribution in [1.82, 2.24) is 4.90 Å². The molecule has 0 amide bonds. The number of fused-ring (bicyclic) bond motifs is 1. The Morgan fingerprint density at radius 2 is 1.96 bits per heavy atom. The molecule has 1 saturated heterocycles. The quantitative estimate of drug-likeness (QED) is 0.783. The average Bonchev–Trinajstić information content (AvgIpc) is 3.17. The van der Waals surface area contributed by atoms with Gasteiger partial charge >= 0.3 is 0 Å². The van der Waals surface area contributed by atoms with E-state index in [0.717, 1.165) is 68.3 Å². The second-order valence-corrected chi connectivity index (χ2v) is 6.30. The van der Waals surface area contributed by atoms with Crippen molar-refractivity contribution in [3.63, 3.8) is 0 Å². The van der Waals surface area contributed by atoms with E-state index in [0.29, 0.717) is 5.78 Å². The van der Waals surface area contributed by atoms with Gasteiger partial charge < -0.3 is 14.2 Å². The van der Waals surface area contributed by atoms with Gasteiger partial charge in [-0.25, -0.2) is 0 Å². The van der Waals surface area contributed by atoms with Crippen molar-refractivity contribution < 1.29 is 19.0 Å². The van der Waals surface area contributed by atoms with Crippen molar-refractivity contribution >= 4 is 24.3 Å². The van der Waals surface area contributed by atoms with Gasteiger partial charge in [0.05, 0.1) is 13.2 Å². The second kappa shape index (κ2) is 7.55. The molecular formula is C18H22ClNO4. The van der Waals surface area contributed by atoms with Crippen LogP contribution in [0.25, 0.3) is 6.08 Å². The molecule has 0 bridgehead atoms. The number of ketones is 1. The van der Waals surface area contributed by atoms with Crippen LogP contribution in [0.1, 0.15) is 18.4 Å². The molecule has 1 aromatic rings. The first-order valence-corrected chi connectivity index (χ1v) is 8.24. The molecule has 4 rings (SSSR count). The Labute approximate surface area is 148 Å². The lowest BCUT2D eigenvalue weighted by molar-refractivity contribution is -0.118. The van der Waals surface area contributed by atoms with Crippen LogP contribution in [0.4, 0.5) is 0 Å². The van der Waals surface area contributed by atoms with Gasteiger partial charge in [-0.3, -0.25) is 9.69 Å². The van der Waals surface area contributed by atoms with Crippen LogP contribution >= 0.6 is 12.4 Å². The number of Topliss-reactive ketones (excluding diaryl/α,β-unsaturated/α-hetero) is 1. The van der Waals surface area contributed by atoms with E-state index in [1.807, 2.05) is 24.3 Å². The molecule has 1 aliphatic carbocycles. The molecule has 1 unspecified atom stereocenters. The maximum Gasteiger partial charge on any atom is 0.231 e. The van der Waals surface area contributed by atoms with Gasteiger partial charge in [0.2, 0.25) is 6.79 Å². The van der Waals surface area contributed by atoms with Crippen LogP contribution in [0.2, 0.25) is 0 Å². The minimum Gasteiger partial charge on any atom is -0.454 e. The molecule has 2 heterocycles. The molecule has 1 atom stereocenters. The van der Waals surface area contributed by atoms with E-state index in [9.17, 15) is 4.79 Å². The Kier molecular flexibility index (Phi) is 5.43. The first-order valence-electron chi connectivity index (χ1n) is 8.24. The van der Waals surface area contributed by atoms with Crippen LogP contribution in [0, 0.1) is 5.92 Å². The van der Waals surface area contributed by atoms with Crippen molar-refractivity contribution in [2.45, 2.75) is 12.8 Å². The maximum atomic E-state index is 12.6. The van der Waals surface area contributed by atoms with Gasteiger partial charge in [-0.15, -0.1) is 12.4 Å². The fourth-order valence-electron chi connectivity index (χ4n) is 3.46. The third-order valence-corrected chi connectivity index (χ3v) is 4.77. The Bertz CT molecular complexity index is 640. The van der Waals surface area contributed by atoms with Crippen molar-refractivity contribution in [2.75, 3.05) is 39.6 Å². The molecule has 2 fully saturated rings. The zero-order valence-electron chi connectivity index (χ0n) is 13.5. The summed E-state index contributed by atoms with van der Waals surface area (Å²) in [5.74, 6) is 1.97. The van der Waals surface area contributed by atoms with E-state index in [1.54, 1.807) is 0 Å². The molecule has 0 N–H and O–H groups in total. The van der Waals surface area contributed by atoms with Gasteiger partial charge in [-0.05, 0) is 42.2 Å². The summed E-state index contributed by atoms with van der Waals surface area (Å²) in [6, 6.07) is 5.82. The number of halogens is 1. The van der Waals surface area contributed by atoms with Gasteiger partial charge in [-0.2, -0.15) is 0 Å². The zero-order valence-corrected chi connectivity index (χ0v) is 14.3. The summed E-state index contributed by atoms with van der Waals surface area (Å²) >= 11 is 0. The van der Waals surface area contributed by atoms with Gasteiger partial charge in [0.1, 0.15) is 0 Å². The van der Waals surface area contributed by atoms with Crippen LogP contribution in [0.3, 0.4) is 0 Å². The molecule has 6 heteroatoms. The van der Waals surface area contributed by atoms with Crippen molar-refractivity contribution in [1.29, 1.82) is 0 Å². The lowest BCUT2D eigenvalue weighted by Gasteiger charge is -2.28. The van der Waals surface area contributed by atoms with Crippen molar-refractivity contribution in [3.05, 3.63) is 29.3 Å². The molecule has 5 nitrogen and oxygen atoms in total. The highest BCUT2D eigenvalue weighted by Gasteiger charge is 2.31. The molecule has 1 aromatic carbocycles. The number of nitrogens with zero attached hydrogens (tertiary/aromatic N) is 1. The number of allylic oxidation sites excluding steroid dienone is 1. The lowest BCUT2D eigenvalue weighted by atomic mass is 10.0. The van der Waals surface area contributed by atoms with Crippen LogP contribution in [0.5, 0.6) is 11.5 Å². The Hall–Kier alpha value is -1.56. The number of morpholine rings is 1. The molecule has 3 aliphatic rings. The standard InChI is InChI=1S/C18H21NO4.ClH/c20-18-14(2-3-15(18)11-19-5-7-21-8-6-19)9-13-1-4-16-17(10-13)23-12-22-16;/h1,4,9-10,15H,2-3,5-8,11-12H2;1H/b14-9+;. The summed E-state index contributed by atoms with van der Waals surface area (Å²) in [5.41, 5.74) is 1.94. The highest BCUT2D eigenvalue weighted by atomic mass is 35.5. The lowest BCUT2D eigenvalue weighted by Crippen LogP contribution is -2.40. The van der Waals surface area contributed by atoms with Crippen molar-refractivity contribution in [2.24, 2.45) is 5.92 Å². The summed E-state index contributed by atoms with van der Waals surface area (Å²) < 4.78 is 16.1. The molecule has 130 valence electrons. The number of carbonyl (C=O) groups excluding carboxylic acids is 1. The monoisotopic (exact) mass is 351 g/mol. The highest BCUT2D eigenvalue weighted by Crippen LogP contribution is 2.35. The van der Waals surface area contributed by atoms with Crippen LogP contribution in [-0.4, -0.2) is 50.3 Å². The highest BCUT2D eigenvalue weighted by molar-refractivity contribution is 6.03. The molecule has 24 heavy (non-hydrogen) atoms. The zero-order chi connectivity index (χ0) is 15.6. The third kappa shape index (κ3) is 3.58. The number of carbonyl (C=O) groups is 1. The number of hydrogen-bond acceptors (Lipinski definition) is 5. The van der Waals surface area contributed by atoms with Gasteiger partial charge in [-0.1, -0.05) is 6.07 Å². The average molecular weight is 352 g/mol. The normalized spacial score (nSPS) is 25.1. The molecule has 0 radical (unpaired) electrons. The van der Waals surface area contributed by atoms with Gasteiger partial charge in [0.25, 0.3) is 0 Å².